The van der Waals surface area contributed by atoms with Gasteiger partial charge in [-0.1, -0.05) is 18.2 Å². The van der Waals surface area contributed by atoms with Crippen LogP contribution in [0.3, 0.4) is 0 Å². The van der Waals surface area contributed by atoms with E-state index in [9.17, 15) is 8.42 Å². The number of aromatic nitrogens is 1. The van der Waals surface area contributed by atoms with E-state index < -0.39 is 17.0 Å². The average molecular weight is 277 g/mol. The Morgan fingerprint density at radius 2 is 1.68 bits per heavy atom. The molecule has 1 aromatic heterocycles. The van der Waals surface area contributed by atoms with Crippen LogP contribution in [0.5, 0.6) is 0 Å². The van der Waals surface area contributed by atoms with Gasteiger partial charge >= 0.3 is 7.12 Å². The molecule has 0 amide bonds. The molecule has 98 valence electrons. The summed E-state index contributed by atoms with van der Waals surface area (Å²) in [4.78, 5) is 4.34. The van der Waals surface area contributed by atoms with Crippen molar-refractivity contribution in [3.05, 3.63) is 42.6 Å². The van der Waals surface area contributed by atoms with Gasteiger partial charge in [0.15, 0.2) is 9.84 Å². The third-order valence-electron chi connectivity index (χ3n) is 2.66. The molecule has 7 heteroatoms. The first-order chi connectivity index (χ1) is 8.88. The monoisotopic (exact) mass is 277 g/mol. The summed E-state index contributed by atoms with van der Waals surface area (Å²) in [5.74, 6) is 0. The smallest absolute Gasteiger partial charge is 0.423 e. The molecule has 0 radical (unpaired) electrons. The van der Waals surface area contributed by atoms with Gasteiger partial charge in [0.1, 0.15) is 0 Å². The molecular formula is C12H12BNO4S. The second-order valence-corrected chi connectivity index (χ2v) is 6.16. The highest BCUT2D eigenvalue weighted by Gasteiger charge is 2.11. The molecule has 0 aliphatic heterocycles. The summed E-state index contributed by atoms with van der Waals surface area (Å²) in [5.41, 5.74) is 1.69. The van der Waals surface area contributed by atoms with E-state index in [4.69, 9.17) is 10.0 Å². The first kappa shape index (κ1) is 13.7. The van der Waals surface area contributed by atoms with Crippen LogP contribution < -0.4 is 5.46 Å². The quantitative estimate of drug-likeness (QED) is 0.761. The maximum Gasteiger partial charge on any atom is 0.490 e. The fourth-order valence-corrected chi connectivity index (χ4v) is 2.23. The van der Waals surface area contributed by atoms with Crippen LogP contribution in [-0.2, 0) is 9.84 Å². The van der Waals surface area contributed by atoms with E-state index in [1.165, 1.54) is 18.3 Å². The van der Waals surface area contributed by atoms with Gasteiger partial charge in [-0.25, -0.2) is 8.42 Å². The van der Waals surface area contributed by atoms with Gasteiger partial charge in [0, 0.05) is 23.5 Å². The van der Waals surface area contributed by atoms with E-state index in [2.05, 4.69) is 4.98 Å². The number of rotatable bonds is 3. The van der Waals surface area contributed by atoms with Crippen LogP contribution in [0.25, 0.3) is 11.3 Å². The molecule has 0 atom stereocenters. The maximum atomic E-state index is 11.3. The van der Waals surface area contributed by atoms with Gasteiger partial charge in [0.25, 0.3) is 0 Å². The maximum absolute atomic E-state index is 11.3. The van der Waals surface area contributed by atoms with Crippen molar-refractivity contribution >= 4 is 22.4 Å². The number of pyridine rings is 1. The first-order valence-corrected chi connectivity index (χ1v) is 7.39. The summed E-state index contributed by atoms with van der Waals surface area (Å²) in [6, 6.07) is 9.55. The number of hydrogen-bond donors (Lipinski definition) is 2. The molecule has 5 nitrogen and oxygen atoms in total. The molecule has 0 aliphatic carbocycles. The molecule has 0 bridgehead atoms. The normalized spacial score (nSPS) is 11.3. The third-order valence-corrected chi connectivity index (χ3v) is 3.79. The van der Waals surface area contributed by atoms with Crippen molar-refractivity contribution in [2.45, 2.75) is 4.90 Å². The van der Waals surface area contributed by atoms with Crippen molar-refractivity contribution in [2.75, 3.05) is 6.26 Å². The number of nitrogens with zero attached hydrogens (tertiary/aromatic N) is 1. The Morgan fingerprint density at radius 1 is 1.05 bits per heavy atom. The van der Waals surface area contributed by atoms with E-state index in [0.717, 1.165) is 11.8 Å². The molecular weight excluding hydrogens is 265 g/mol. The molecule has 0 unspecified atom stereocenters. The van der Waals surface area contributed by atoms with Crippen molar-refractivity contribution in [2.24, 2.45) is 0 Å². The minimum Gasteiger partial charge on any atom is -0.423 e. The molecule has 2 aromatic rings. The predicted molar refractivity (Wildman–Crippen MR) is 72.6 cm³/mol. The molecule has 0 saturated heterocycles. The van der Waals surface area contributed by atoms with Gasteiger partial charge in [-0.05, 0) is 18.2 Å². The van der Waals surface area contributed by atoms with Crippen molar-refractivity contribution in [3.63, 3.8) is 0 Å². The highest BCUT2D eigenvalue weighted by molar-refractivity contribution is 7.90. The van der Waals surface area contributed by atoms with Crippen molar-refractivity contribution in [3.8, 4) is 11.3 Å². The van der Waals surface area contributed by atoms with Gasteiger partial charge < -0.3 is 10.0 Å². The van der Waals surface area contributed by atoms with Gasteiger partial charge in [0.2, 0.25) is 0 Å². The van der Waals surface area contributed by atoms with Crippen molar-refractivity contribution < 1.29 is 18.5 Å². The highest BCUT2D eigenvalue weighted by atomic mass is 32.2. The van der Waals surface area contributed by atoms with Crippen LogP contribution >= 0.6 is 0 Å². The van der Waals surface area contributed by atoms with Crippen LogP contribution in [0.2, 0.25) is 0 Å². The Hall–Kier alpha value is -1.70. The van der Waals surface area contributed by atoms with Crippen LogP contribution in [0.15, 0.2) is 47.5 Å². The fraction of sp³-hybridized carbons (Fsp3) is 0.0833. The van der Waals surface area contributed by atoms with Gasteiger partial charge in [-0.15, -0.1) is 0 Å². The summed E-state index contributed by atoms with van der Waals surface area (Å²) < 4.78 is 22.7. The van der Waals surface area contributed by atoms with Crippen LogP contribution in [0.1, 0.15) is 0 Å². The molecule has 2 rings (SSSR count). The zero-order valence-electron chi connectivity index (χ0n) is 10.2. The van der Waals surface area contributed by atoms with E-state index in [-0.39, 0.29) is 4.90 Å². The number of hydrogen-bond acceptors (Lipinski definition) is 5. The standard InChI is InChI=1S/C12H12BNO4S/c1-19(17,18)11-5-2-9(3-6-11)12-7-4-10(8-14-12)13(15)16/h2-8,15-16H,1H3. The fourth-order valence-electron chi connectivity index (χ4n) is 1.60. The zero-order chi connectivity index (χ0) is 14.0. The Balaban J connectivity index is 2.32. The molecule has 0 fully saturated rings. The lowest BCUT2D eigenvalue weighted by Gasteiger charge is -2.04. The minimum absolute atomic E-state index is 0.249. The predicted octanol–water partition coefficient (Wildman–Crippen LogP) is -0.168. The molecule has 0 saturated carbocycles. The van der Waals surface area contributed by atoms with Crippen molar-refractivity contribution in [1.82, 2.24) is 4.98 Å². The highest BCUT2D eigenvalue weighted by Crippen LogP contribution is 2.18. The molecule has 19 heavy (non-hydrogen) atoms. The molecule has 1 aromatic carbocycles. The second-order valence-electron chi connectivity index (χ2n) is 4.15. The Morgan fingerprint density at radius 3 is 2.11 bits per heavy atom. The van der Waals surface area contributed by atoms with E-state index in [1.54, 1.807) is 24.3 Å². The summed E-state index contributed by atoms with van der Waals surface area (Å²) >= 11 is 0. The van der Waals surface area contributed by atoms with E-state index in [1.807, 2.05) is 0 Å². The summed E-state index contributed by atoms with van der Waals surface area (Å²) in [6.07, 6.45) is 2.52. The number of sulfone groups is 1. The summed E-state index contributed by atoms with van der Waals surface area (Å²) in [6.45, 7) is 0. The van der Waals surface area contributed by atoms with E-state index >= 15 is 0 Å². The number of benzene rings is 1. The molecule has 0 spiro atoms. The lowest BCUT2D eigenvalue weighted by Crippen LogP contribution is -2.29. The minimum atomic E-state index is -3.21. The first-order valence-electron chi connectivity index (χ1n) is 5.50. The Kier molecular flexibility index (Phi) is 3.70. The lowest BCUT2D eigenvalue weighted by atomic mass is 9.81. The lowest BCUT2D eigenvalue weighted by molar-refractivity contribution is 0.425. The Bertz CT molecular complexity index is 666. The van der Waals surface area contributed by atoms with E-state index in [0.29, 0.717) is 11.2 Å². The summed E-state index contributed by atoms with van der Waals surface area (Å²) in [7, 11) is -4.75. The topological polar surface area (TPSA) is 87.5 Å². The zero-order valence-corrected chi connectivity index (χ0v) is 11.0. The molecule has 0 aliphatic rings. The summed E-state index contributed by atoms with van der Waals surface area (Å²) in [5, 5.41) is 17.9. The molecule has 1 heterocycles. The average Bonchev–Trinajstić information content (AvgIpc) is 2.38. The van der Waals surface area contributed by atoms with Crippen LogP contribution in [0.4, 0.5) is 0 Å². The third kappa shape index (κ3) is 3.20. The Labute approximate surface area is 111 Å². The molecule has 2 N–H and O–H groups in total. The second kappa shape index (κ2) is 5.12. The SMILES string of the molecule is CS(=O)(=O)c1ccc(-c2ccc(B(O)O)cn2)cc1. The van der Waals surface area contributed by atoms with Gasteiger partial charge in [-0.3, -0.25) is 4.98 Å². The largest absolute Gasteiger partial charge is 0.490 e. The van der Waals surface area contributed by atoms with Crippen LogP contribution in [0, 0.1) is 0 Å². The van der Waals surface area contributed by atoms with Crippen LogP contribution in [-0.4, -0.2) is 36.8 Å². The van der Waals surface area contributed by atoms with Crippen molar-refractivity contribution in [1.29, 1.82) is 0 Å². The van der Waals surface area contributed by atoms with Gasteiger partial charge in [-0.2, -0.15) is 0 Å². The van der Waals surface area contributed by atoms with Gasteiger partial charge in [0.05, 0.1) is 10.6 Å².